The lowest BCUT2D eigenvalue weighted by atomic mass is 10.0. The maximum atomic E-state index is 12.0. The molecule has 0 radical (unpaired) electrons. The van der Waals surface area contributed by atoms with Gasteiger partial charge in [0.1, 0.15) is 0 Å². The van der Waals surface area contributed by atoms with Crippen molar-refractivity contribution in [3.63, 3.8) is 0 Å². The number of hydrogen-bond acceptors (Lipinski definition) is 4. The second kappa shape index (κ2) is 56.1. The zero-order chi connectivity index (χ0) is 44.8. The maximum absolute atomic E-state index is 12.0. The molecular weight excluding hydrogens is 761 g/mol. The van der Waals surface area contributed by atoms with E-state index >= 15 is 0 Å². The summed E-state index contributed by atoms with van der Waals surface area (Å²) < 4.78 is 10.3. The van der Waals surface area contributed by atoms with Crippen LogP contribution in [0.5, 0.6) is 0 Å². The molecule has 0 atom stereocenters. The second-order valence-electron chi connectivity index (χ2n) is 19.9. The summed E-state index contributed by atoms with van der Waals surface area (Å²) in [5.41, 5.74) is 0. The van der Waals surface area contributed by atoms with E-state index in [9.17, 15) is 9.59 Å². The van der Waals surface area contributed by atoms with Crippen molar-refractivity contribution in [1.29, 1.82) is 0 Å². The highest BCUT2D eigenvalue weighted by Gasteiger charge is 2.16. The average Bonchev–Trinajstić information content (AvgIpc) is 3.28. The fourth-order valence-corrected chi connectivity index (χ4v) is 9.28. The molecule has 0 unspecified atom stereocenters. The molecule has 62 heavy (non-hydrogen) atoms. The summed E-state index contributed by atoms with van der Waals surface area (Å²) in [4.78, 5) is 23.9. The number of ether oxygens (including phenoxy) is 2. The topological polar surface area (TPSA) is 52.6 Å². The number of carbonyl (C=O) groups is 2. The van der Waals surface area contributed by atoms with Crippen molar-refractivity contribution in [3.8, 4) is 0 Å². The van der Waals surface area contributed by atoms with Crippen LogP contribution < -0.4 is 0 Å². The van der Waals surface area contributed by atoms with E-state index in [4.69, 9.17) is 9.47 Å². The van der Waals surface area contributed by atoms with Crippen LogP contribution in [0.1, 0.15) is 348 Å². The van der Waals surface area contributed by atoms with E-state index in [0.717, 1.165) is 25.7 Å². The van der Waals surface area contributed by atoms with Crippen molar-refractivity contribution in [2.75, 3.05) is 13.2 Å². The van der Waals surface area contributed by atoms with E-state index in [1.165, 1.54) is 308 Å². The van der Waals surface area contributed by atoms with Gasteiger partial charge in [-0.2, -0.15) is 0 Å². The largest absolute Gasteiger partial charge is 0.457 e. The number of esters is 2. The molecule has 0 fully saturated rings. The summed E-state index contributed by atoms with van der Waals surface area (Å²) in [6, 6.07) is 0. The Balaban J connectivity index is 3.23. The van der Waals surface area contributed by atoms with Gasteiger partial charge in [0.2, 0.25) is 0 Å². The van der Waals surface area contributed by atoms with Crippen LogP contribution in [0.4, 0.5) is 0 Å². The van der Waals surface area contributed by atoms with Crippen LogP contribution in [0.15, 0.2) is 0 Å². The molecule has 4 heteroatoms. The first-order valence-electron chi connectivity index (χ1n) is 29.1. The molecule has 0 aromatic rings. The molecule has 0 heterocycles. The van der Waals surface area contributed by atoms with Gasteiger partial charge in [-0.25, -0.2) is 9.59 Å². The molecule has 0 amide bonds. The summed E-state index contributed by atoms with van der Waals surface area (Å²) in [7, 11) is 0. The molecule has 0 bridgehead atoms. The Bertz CT molecular complexity index is 773. The zero-order valence-corrected chi connectivity index (χ0v) is 42.8. The van der Waals surface area contributed by atoms with Crippen molar-refractivity contribution in [1.82, 2.24) is 0 Å². The quantitative estimate of drug-likeness (QED) is 0.0347. The number of carbonyl (C=O) groups excluding carboxylic acids is 2. The summed E-state index contributed by atoms with van der Waals surface area (Å²) in [5.74, 6) is -1.64. The summed E-state index contributed by atoms with van der Waals surface area (Å²) in [5, 5.41) is 0. The van der Waals surface area contributed by atoms with Crippen LogP contribution in [0.2, 0.25) is 0 Å². The van der Waals surface area contributed by atoms with Crippen molar-refractivity contribution in [2.24, 2.45) is 0 Å². The zero-order valence-electron chi connectivity index (χ0n) is 42.8. The van der Waals surface area contributed by atoms with E-state index in [0.29, 0.717) is 13.2 Å². The van der Waals surface area contributed by atoms with Crippen LogP contribution >= 0.6 is 0 Å². The Morgan fingerprint density at radius 3 is 0.435 bits per heavy atom. The van der Waals surface area contributed by atoms with E-state index in [1.54, 1.807) is 0 Å². The number of rotatable bonds is 54. The van der Waals surface area contributed by atoms with Crippen LogP contribution in [0.25, 0.3) is 0 Å². The Morgan fingerprint density at radius 1 is 0.194 bits per heavy atom. The first-order valence-corrected chi connectivity index (χ1v) is 29.1. The fourth-order valence-electron chi connectivity index (χ4n) is 9.28. The van der Waals surface area contributed by atoms with Crippen LogP contribution in [0.3, 0.4) is 0 Å². The summed E-state index contributed by atoms with van der Waals surface area (Å²) in [6.07, 6.45) is 71.5. The monoisotopic (exact) mass is 875 g/mol. The lowest BCUT2D eigenvalue weighted by Crippen LogP contribution is -2.21. The van der Waals surface area contributed by atoms with Gasteiger partial charge in [0.05, 0.1) is 13.2 Å². The predicted molar refractivity (Wildman–Crippen MR) is 273 cm³/mol. The molecular formula is C58H114O4. The third-order valence-corrected chi connectivity index (χ3v) is 13.6. The van der Waals surface area contributed by atoms with E-state index in [1.807, 2.05) is 0 Å². The highest BCUT2D eigenvalue weighted by atomic mass is 16.6. The van der Waals surface area contributed by atoms with Crippen molar-refractivity contribution >= 4 is 11.9 Å². The third-order valence-electron chi connectivity index (χ3n) is 13.6. The van der Waals surface area contributed by atoms with Gasteiger partial charge in [0.15, 0.2) is 0 Å². The average molecular weight is 876 g/mol. The fraction of sp³-hybridized carbons (Fsp3) is 0.966. The molecule has 4 nitrogen and oxygen atoms in total. The van der Waals surface area contributed by atoms with Gasteiger partial charge < -0.3 is 9.47 Å². The Morgan fingerprint density at radius 2 is 0.306 bits per heavy atom. The molecule has 0 aliphatic rings. The van der Waals surface area contributed by atoms with Gasteiger partial charge in [-0.05, 0) is 12.8 Å². The van der Waals surface area contributed by atoms with Gasteiger partial charge in [-0.3, -0.25) is 0 Å². The van der Waals surface area contributed by atoms with Crippen molar-refractivity contribution in [2.45, 2.75) is 348 Å². The Labute approximate surface area is 390 Å². The minimum atomic E-state index is -0.820. The van der Waals surface area contributed by atoms with Gasteiger partial charge in [-0.15, -0.1) is 0 Å². The SMILES string of the molecule is CCCCCCCCCCCCCCCCCCCCCCCCCCCCOC(=O)C(=O)OCCCCCCCCCCCCCCCCCCCCCCCCCCCC. The van der Waals surface area contributed by atoms with Crippen LogP contribution in [-0.4, -0.2) is 25.2 Å². The molecule has 0 aliphatic carbocycles. The Kier molecular flexibility index (Phi) is 55.1. The maximum Gasteiger partial charge on any atom is 0.417 e. The normalized spacial score (nSPS) is 11.5. The highest BCUT2D eigenvalue weighted by molar-refractivity contribution is 6.29. The first kappa shape index (κ1) is 60.9. The predicted octanol–water partition coefficient (Wildman–Crippen LogP) is 20.4. The molecule has 0 saturated carbocycles. The van der Waals surface area contributed by atoms with Gasteiger partial charge in [0, 0.05) is 0 Å². The lowest BCUT2D eigenvalue weighted by molar-refractivity contribution is -0.167. The standard InChI is InChI=1S/C58H114O4/c1-3-5-7-9-11-13-15-17-19-21-23-25-27-29-31-33-35-37-39-41-43-45-47-49-51-53-55-61-57(59)58(60)62-56-54-52-50-48-46-44-42-40-38-36-34-32-30-28-26-24-22-20-18-16-14-12-10-8-6-4-2/h3-56H2,1-2H3. The molecule has 0 rings (SSSR count). The Hall–Kier alpha value is -1.06. The molecule has 0 N–H and O–H groups in total. The molecule has 0 saturated heterocycles. The number of unbranched alkanes of at least 4 members (excludes halogenated alkanes) is 50. The number of hydrogen-bond donors (Lipinski definition) is 0. The molecule has 0 aromatic carbocycles. The van der Waals surface area contributed by atoms with E-state index in [2.05, 4.69) is 13.8 Å². The van der Waals surface area contributed by atoms with Crippen LogP contribution in [-0.2, 0) is 19.1 Å². The lowest BCUT2D eigenvalue weighted by Gasteiger charge is -2.06. The van der Waals surface area contributed by atoms with E-state index < -0.39 is 11.9 Å². The van der Waals surface area contributed by atoms with Crippen molar-refractivity contribution in [3.05, 3.63) is 0 Å². The van der Waals surface area contributed by atoms with Gasteiger partial charge >= 0.3 is 11.9 Å². The molecule has 0 aromatic heterocycles. The smallest absolute Gasteiger partial charge is 0.417 e. The highest BCUT2D eigenvalue weighted by Crippen LogP contribution is 2.18. The second-order valence-corrected chi connectivity index (χ2v) is 19.9. The minimum absolute atomic E-state index is 0.326. The third kappa shape index (κ3) is 53.3. The van der Waals surface area contributed by atoms with E-state index in [-0.39, 0.29) is 0 Å². The summed E-state index contributed by atoms with van der Waals surface area (Å²) >= 11 is 0. The van der Waals surface area contributed by atoms with Crippen LogP contribution in [0, 0.1) is 0 Å². The summed E-state index contributed by atoms with van der Waals surface area (Å²) in [6.45, 7) is 5.25. The molecule has 370 valence electrons. The van der Waals surface area contributed by atoms with Gasteiger partial charge in [0.25, 0.3) is 0 Å². The van der Waals surface area contributed by atoms with Crippen molar-refractivity contribution < 1.29 is 19.1 Å². The molecule has 0 spiro atoms. The first-order chi connectivity index (χ1) is 30.7. The minimum Gasteiger partial charge on any atom is -0.457 e. The molecule has 0 aliphatic heterocycles. The van der Waals surface area contributed by atoms with Gasteiger partial charge in [-0.1, -0.05) is 335 Å².